The summed E-state index contributed by atoms with van der Waals surface area (Å²) in [5.74, 6) is 0.681. The van der Waals surface area contributed by atoms with E-state index in [0.29, 0.717) is 24.8 Å². The second-order valence-electron chi connectivity index (χ2n) is 5.62. The number of alkyl halides is 3. The highest BCUT2D eigenvalue weighted by atomic mass is 127. The maximum Gasteiger partial charge on any atom is 0.401 e. The predicted molar refractivity (Wildman–Crippen MR) is 105 cm³/mol. The summed E-state index contributed by atoms with van der Waals surface area (Å²) in [5, 5.41) is 5.96. The van der Waals surface area contributed by atoms with Crippen molar-refractivity contribution in [2.75, 3.05) is 40.3 Å². The van der Waals surface area contributed by atoms with Gasteiger partial charge in [0, 0.05) is 20.1 Å². The average molecular weight is 492 g/mol. The van der Waals surface area contributed by atoms with Gasteiger partial charge in [-0.15, -0.1) is 24.0 Å². The number of nitrogens with one attached hydrogen (secondary N) is 2. The van der Waals surface area contributed by atoms with E-state index >= 15 is 0 Å². The molecule has 0 heterocycles. The van der Waals surface area contributed by atoms with Crippen LogP contribution in [0, 0.1) is 5.82 Å². The van der Waals surface area contributed by atoms with Crippen molar-refractivity contribution in [2.45, 2.75) is 19.2 Å². The molecular weight excluding hydrogens is 467 g/mol. The molecule has 0 saturated carbocycles. The lowest BCUT2D eigenvalue weighted by atomic mass is 10.3. The molecule has 0 aliphatic heterocycles. The van der Waals surface area contributed by atoms with E-state index in [1.54, 1.807) is 7.05 Å². The summed E-state index contributed by atoms with van der Waals surface area (Å²) in [7, 11) is 2.98. The van der Waals surface area contributed by atoms with Crippen molar-refractivity contribution in [3.63, 3.8) is 0 Å². The fraction of sp³-hybridized carbons (Fsp3) is 0.562. The summed E-state index contributed by atoms with van der Waals surface area (Å²) in [5.41, 5.74) is 0. The zero-order valence-electron chi connectivity index (χ0n) is 14.9. The number of aliphatic imine (C=N–C) groups is 1. The van der Waals surface area contributed by atoms with Crippen LogP contribution in [0.25, 0.3) is 0 Å². The molecule has 0 aliphatic carbocycles. The molecule has 1 atom stereocenters. The van der Waals surface area contributed by atoms with Crippen molar-refractivity contribution in [1.29, 1.82) is 0 Å². The summed E-state index contributed by atoms with van der Waals surface area (Å²) in [6.07, 6.45) is -4.42. The minimum atomic E-state index is -4.21. The van der Waals surface area contributed by atoms with Crippen molar-refractivity contribution in [2.24, 2.45) is 4.99 Å². The number of hydrogen-bond acceptors (Lipinski definition) is 3. The fourth-order valence-corrected chi connectivity index (χ4v) is 2.00. The Labute approximate surface area is 168 Å². The molecule has 0 aliphatic rings. The molecule has 0 amide bonds. The van der Waals surface area contributed by atoms with Gasteiger partial charge in [0.1, 0.15) is 17.7 Å². The zero-order valence-corrected chi connectivity index (χ0v) is 17.3. The number of ether oxygens (including phenoxy) is 1. The van der Waals surface area contributed by atoms with Crippen LogP contribution in [0.1, 0.15) is 6.92 Å². The molecule has 0 spiro atoms. The fourth-order valence-electron chi connectivity index (χ4n) is 2.00. The van der Waals surface area contributed by atoms with Crippen LogP contribution in [0.5, 0.6) is 5.75 Å². The van der Waals surface area contributed by atoms with Gasteiger partial charge in [0.15, 0.2) is 5.96 Å². The molecule has 10 heteroatoms. The molecule has 5 nitrogen and oxygen atoms in total. The number of benzene rings is 1. The number of halogens is 5. The van der Waals surface area contributed by atoms with Crippen LogP contribution in [0.2, 0.25) is 0 Å². The van der Waals surface area contributed by atoms with E-state index in [4.69, 9.17) is 4.74 Å². The maximum absolute atomic E-state index is 12.8. The van der Waals surface area contributed by atoms with Crippen molar-refractivity contribution < 1.29 is 22.3 Å². The summed E-state index contributed by atoms with van der Waals surface area (Å²) < 4.78 is 55.2. The Balaban J connectivity index is 0.00000625. The van der Waals surface area contributed by atoms with Crippen LogP contribution in [-0.2, 0) is 0 Å². The summed E-state index contributed by atoms with van der Waals surface area (Å²) in [4.78, 5) is 5.18. The molecule has 1 aromatic rings. The third kappa shape index (κ3) is 11.3. The van der Waals surface area contributed by atoms with E-state index in [1.165, 1.54) is 36.2 Å². The number of nitrogens with zero attached hydrogens (tertiary/aromatic N) is 2. The van der Waals surface area contributed by atoms with Crippen molar-refractivity contribution in [3.05, 3.63) is 30.1 Å². The standard InChI is InChI=1S/C16H24F4N4O.HI/c1-12(25-14-6-4-13(17)5-7-14)10-23-15(21-2)22-8-9-24(3)11-16(18,19)20;/h4-7,12H,8-11H2,1-3H3,(H2,21,22,23);1H. The first-order valence-electron chi connectivity index (χ1n) is 7.81. The van der Waals surface area contributed by atoms with Gasteiger partial charge >= 0.3 is 6.18 Å². The first-order chi connectivity index (χ1) is 11.7. The summed E-state index contributed by atoms with van der Waals surface area (Å²) in [6.45, 7) is 1.85. The average Bonchev–Trinajstić information content (AvgIpc) is 2.51. The van der Waals surface area contributed by atoms with Gasteiger partial charge < -0.3 is 15.4 Å². The SMILES string of the molecule is CN=C(NCCN(C)CC(F)(F)F)NCC(C)Oc1ccc(F)cc1.I. The Bertz CT molecular complexity index is 540. The highest BCUT2D eigenvalue weighted by Crippen LogP contribution is 2.15. The van der Waals surface area contributed by atoms with Crippen LogP contribution >= 0.6 is 24.0 Å². The first-order valence-corrected chi connectivity index (χ1v) is 7.81. The van der Waals surface area contributed by atoms with Crippen LogP contribution in [0.3, 0.4) is 0 Å². The molecule has 1 unspecified atom stereocenters. The molecule has 0 saturated heterocycles. The topological polar surface area (TPSA) is 48.9 Å². The molecule has 0 fully saturated rings. The van der Waals surface area contributed by atoms with Crippen LogP contribution in [0.15, 0.2) is 29.3 Å². The first kappa shape index (κ1) is 24.7. The number of hydrogen-bond donors (Lipinski definition) is 2. The largest absolute Gasteiger partial charge is 0.489 e. The lowest BCUT2D eigenvalue weighted by Crippen LogP contribution is -2.44. The number of rotatable bonds is 8. The van der Waals surface area contributed by atoms with E-state index in [0.717, 1.165) is 0 Å². The lowest BCUT2D eigenvalue weighted by molar-refractivity contribution is -0.142. The second-order valence-corrected chi connectivity index (χ2v) is 5.62. The minimum Gasteiger partial charge on any atom is -0.489 e. The highest BCUT2D eigenvalue weighted by molar-refractivity contribution is 14.0. The Kier molecular flexibility index (Phi) is 11.5. The van der Waals surface area contributed by atoms with Crippen molar-refractivity contribution >= 4 is 29.9 Å². The molecule has 0 bridgehead atoms. The van der Waals surface area contributed by atoms with Gasteiger partial charge in [-0.2, -0.15) is 13.2 Å². The van der Waals surface area contributed by atoms with Gasteiger partial charge in [0.2, 0.25) is 0 Å². The van der Waals surface area contributed by atoms with Gasteiger partial charge in [-0.25, -0.2) is 4.39 Å². The van der Waals surface area contributed by atoms with E-state index in [1.807, 2.05) is 6.92 Å². The van der Waals surface area contributed by atoms with Gasteiger partial charge in [-0.3, -0.25) is 9.89 Å². The minimum absolute atomic E-state index is 0. The lowest BCUT2D eigenvalue weighted by Gasteiger charge is -2.20. The van der Waals surface area contributed by atoms with Crippen molar-refractivity contribution in [3.8, 4) is 5.75 Å². The van der Waals surface area contributed by atoms with E-state index < -0.39 is 12.7 Å². The monoisotopic (exact) mass is 492 g/mol. The smallest absolute Gasteiger partial charge is 0.401 e. The maximum atomic E-state index is 12.8. The normalized spacial score (nSPS) is 13.2. The molecular formula is C16H25F4IN4O. The van der Waals surface area contributed by atoms with E-state index in [9.17, 15) is 17.6 Å². The van der Waals surface area contributed by atoms with Crippen LogP contribution in [0.4, 0.5) is 17.6 Å². The Morgan fingerprint density at radius 1 is 1.23 bits per heavy atom. The third-order valence-corrected chi connectivity index (χ3v) is 3.17. The number of guanidine groups is 1. The molecule has 0 radical (unpaired) electrons. The molecule has 2 N–H and O–H groups in total. The highest BCUT2D eigenvalue weighted by Gasteiger charge is 2.28. The molecule has 1 aromatic carbocycles. The number of likely N-dealkylation sites (N-methyl/N-ethyl adjacent to an activating group) is 1. The molecule has 150 valence electrons. The Morgan fingerprint density at radius 2 is 1.85 bits per heavy atom. The van der Waals surface area contributed by atoms with E-state index in [2.05, 4.69) is 15.6 Å². The Morgan fingerprint density at radius 3 is 2.38 bits per heavy atom. The van der Waals surface area contributed by atoms with Gasteiger partial charge in [-0.05, 0) is 38.2 Å². The van der Waals surface area contributed by atoms with Gasteiger partial charge in [-0.1, -0.05) is 0 Å². The quantitative estimate of drug-likeness (QED) is 0.254. The van der Waals surface area contributed by atoms with Gasteiger partial charge in [0.05, 0.1) is 13.1 Å². The predicted octanol–water partition coefficient (Wildman–Crippen LogP) is 2.87. The van der Waals surface area contributed by atoms with Crippen LogP contribution < -0.4 is 15.4 Å². The Hall–Kier alpha value is -1.30. The van der Waals surface area contributed by atoms with Crippen LogP contribution in [-0.4, -0.2) is 63.4 Å². The van der Waals surface area contributed by atoms with E-state index in [-0.39, 0.29) is 42.4 Å². The van der Waals surface area contributed by atoms with Crippen molar-refractivity contribution in [1.82, 2.24) is 15.5 Å². The molecule has 26 heavy (non-hydrogen) atoms. The third-order valence-electron chi connectivity index (χ3n) is 3.17. The zero-order chi connectivity index (χ0) is 18.9. The summed E-state index contributed by atoms with van der Waals surface area (Å²) >= 11 is 0. The molecule has 1 rings (SSSR count). The second kappa shape index (κ2) is 12.2. The van der Waals surface area contributed by atoms with Gasteiger partial charge in [0.25, 0.3) is 0 Å². The summed E-state index contributed by atoms with van der Waals surface area (Å²) in [6, 6.07) is 5.70. The molecule has 0 aromatic heterocycles.